The first-order valence-corrected chi connectivity index (χ1v) is 6.24. The van der Waals surface area contributed by atoms with Crippen LogP contribution >= 0.6 is 0 Å². The molecule has 1 saturated carbocycles. The second kappa shape index (κ2) is 5.49. The maximum absolute atomic E-state index is 9.94. The summed E-state index contributed by atoms with van der Waals surface area (Å²) in [7, 11) is 0. The molecule has 3 N–H and O–H groups in total. The number of nitriles is 1. The topological polar surface area (TPSA) is 76.3 Å². The van der Waals surface area contributed by atoms with E-state index in [9.17, 15) is 10.2 Å². The van der Waals surface area contributed by atoms with Gasteiger partial charge in [-0.15, -0.1) is 0 Å². The van der Waals surface area contributed by atoms with E-state index in [1.165, 1.54) is 0 Å². The highest BCUT2D eigenvalue weighted by molar-refractivity contribution is 5.32. The zero-order chi connectivity index (χ0) is 13.0. The Balaban J connectivity index is 1.80. The van der Waals surface area contributed by atoms with Gasteiger partial charge in [0, 0.05) is 13.1 Å². The van der Waals surface area contributed by atoms with Gasteiger partial charge >= 0.3 is 0 Å². The Morgan fingerprint density at radius 1 is 1.33 bits per heavy atom. The molecule has 1 fully saturated rings. The summed E-state index contributed by atoms with van der Waals surface area (Å²) in [5.74, 6) is 0. The van der Waals surface area contributed by atoms with Crippen LogP contribution in [0.4, 0.5) is 0 Å². The fourth-order valence-corrected chi connectivity index (χ4v) is 2.10. The molecule has 0 aromatic heterocycles. The molecule has 0 amide bonds. The predicted molar refractivity (Wildman–Crippen MR) is 67.8 cm³/mol. The number of nitrogens with zero attached hydrogens (tertiary/aromatic N) is 1. The van der Waals surface area contributed by atoms with Crippen LogP contribution in [-0.4, -0.2) is 28.9 Å². The largest absolute Gasteiger partial charge is 0.389 e. The number of nitrogens with one attached hydrogen (secondary N) is 1. The number of aliphatic hydroxyl groups excluding tert-OH is 1. The monoisotopic (exact) mass is 246 g/mol. The van der Waals surface area contributed by atoms with Crippen molar-refractivity contribution in [3.63, 3.8) is 0 Å². The van der Waals surface area contributed by atoms with Crippen molar-refractivity contribution in [2.24, 2.45) is 0 Å². The number of benzene rings is 1. The zero-order valence-electron chi connectivity index (χ0n) is 10.3. The lowest BCUT2D eigenvalue weighted by molar-refractivity contribution is -0.0328. The van der Waals surface area contributed by atoms with E-state index in [0.29, 0.717) is 18.7 Å². The minimum Gasteiger partial charge on any atom is -0.389 e. The highest BCUT2D eigenvalue weighted by Crippen LogP contribution is 2.30. The quantitative estimate of drug-likeness (QED) is 0.727. The van der Waals surface area contributed by atoms with Gasteiger partial charge < -0.3 is 15.5 Å². The molecular formula is C14H18N2O2. The van der Waals surface area contributed by atoms with E-state index in [2.05, 4.69) is 5.32 Å². The first kappa shape index (κ1) is 13.0. The van der Waals surface area contributed by atoms with Gasteiger partial charge in [0.1, 0.15) is 0 Å². The van der Waals surface area contributed by atoms with Crippen molar-refractivity contribution in [2.75, 3.05) is 13.1 Å². The SMILES string of the molecule is N#Cc1ccc(C(O)CNCC2(O)CCC2)cc1. The maximum atomic E-state index is 9.94. The molecule has 1 aliphatic carbocycles. The zero-order valence-corrected chi connectivity index (χ0v) is 10.3. The first-order valence-electron chi connectivity index (χ1n) is 6.24. The van der Waals surface area contributed by atoms with Gasteiger partial charge in [0.05, 0.1) is 23.3 Å². The normalized spacial score (nSPS) is 18.7. The molecule has 2 rings (SSSR count). The number of hydrogen-bond acceptors (Lipinski definition) is 4. The fourth-order valence-electron chi connectivity index (χ4n) is 2.10. The highest BCUT2D eigenvalue weighted by atomic mass is 16.3. The molecule has 1 aromatic rings. The third kappa shape index (κ3) is 3.08. The van der Waals surface area contributed by atoms with Crippen molar-refractivity contribution in [2.45, 2.75) is 31.0 Å². The van der Waals surface area contributed by atoms with E-state index in [1.807, 2.05) is 6.07 Å². The summed E-state index contributed by atoms with van der Waals surface area (Å²) >= 11 is 0. The van der Waals surface area contributed by atoms with Gasteiger partial charge in [0.15, 0.2) is 0 Å². The number of hydrogen-bond donors (Lipinski definition) is 3. The van der Waals surface area contributed by atoms with Crippen LogP contribution in [0.2, 0.25) is 0 Å². The van der Waals surface area contributed by atoms with Gasteiger partial charge in [-0.1, -0.05) is 12.1 Å². The molecule has 0 aliphatic heterocycles. The Kier molecular flexibility index (Phi) is 3.97. The molecule has 4 nitrogen and oxygen atoms in total. The lowest BCUT2D eigenvalue weighted by Gasteiger charge is -2.37. The molecule has 1 unspecified atom stereocenters. The summed E-state index contributed by atoms with van der Waals surface area (Å²) in [6.07, 6.45) is 2.15. The molecule has 0 spiro atoms. The van der Waals surface area contributed by atoms with E-state index in [4.69, 9.17) is 5.26 Å². The van der Waals surface area contributed by atoms with Crippen molar-refractivity contribution in [1.82, 2.24) is 5.32 Å². The van der Waals surface area contributed by atoms with Crippen LogP contribution < -0.4 is 5.32 Å². The molecular weight excluding hydrogens is 228 g/mol. The summed E-state index contributed by atoms with van der Waals surface area (Å²) in [4.78, 5) is 0. The summed E-state index contributed by atoms with van der Waals surface area (Å²) in [6.45, 7) is 0.939. The smallest absolute Gasteiger partial charge is 0.0991 e. The van der Waals surface area contributed by atoms with Crippen LogP contribution in [0.3, 0.4) is 0 Å². The van der Waals surface area contributed by atoms with Gasteiger partial charge in [0.2, 0.25) is 0 Å². The van der Waals surface area contributed by atoms with Gasteiger partial charge in [-0.2, -0.15) is 5.26 Å². The van der Waals surface area contributed by atoms with Gasteiger partial charge in [-0.05, 0) is 37.0 Å². The van der Waals surface area contributed by atoms with Crippen LogP contribution in [0.25, 0.3) is 0 Å². The van der Waals surface area contributed by atoms with Crippen LogP contribution in [0, 0.1) is 11.3 Å². The Morgan fingerprint density at radius 2 is 2.00 bits per heavy atom. The molecule has 1 aromatic carbocycles. The summed E-state index contributed by atoms with van der Waals surface area (Å²) < 4.78 is 0. The van der Waals surface area contributed by atoms with E-state index in [-0.39, 0.29) is 0 Å². The van der Waals surface area contributed by atoms with Crippen molar-refractivity contribution < 1.29 is 10.2 Å². The summed E-state index contributed by atoms with van der Waals surface area (Å²) in [5, 5.41) is 31.6. The van der Waals surface area contributed by atoms with Crippen molar-refractivity contribution in [3.8, 4) is 6.07 Å². The summed E-state index contributed by atoms with van der Waals surface area (Å²) in [5.41, 5.74) is 0.800. The predicted octanol–water partition coefficient (Wildman–Crippen LogP) is 1.10. The molecule has 0 bridgehead atoms. The molecule has 1 aliphatic rings. The highest BCUT2D eigenvalue weighted by Gasteiger charge is 2.33. The lowest BCUT2D eigenvalue weighted by atomic mass is 9.80. The maximum Gasteiger partial charge on any atom is 0.0991 e. The van der Waals surface area contributed by atoms with Gasteiger partial charge in [-0.3, -0.25) is 0 Å². The molecule has 0 radical (unpaired) electrons. The Labute approximate surface area is 107 Å². The van der Waals surface area contributed by atoms with Crippen LogP contribution in [-0.2, 0) is 0 Å². The average Bonchev–Trinajstić information content (AvgIpc) is 2.36. The minimum absolute atomic E-state index is 0.411. The van der Waals surface area contributed by atoms with Crippen LogP contribution in [0.5, 0.6) is 0 Å². The average molecular weight is 246 g/mol. The molecule has 0 heterocycles. The van der Waals surface area contributed by atoms with Crippen molar-refractivity contribution >= 4 is 0 Å². The number of aliphatic hydroxyl groups is 2. The fraction of sp³-hybridized carbons (Fsp3) is 0.500. The van der Waals surface area contributed by atoms with E-state index in [1.54, 1.807) is 24.3 Å². The minimum atomic E-state index is -0.610. The lowest BCUT2D eigenvalue weighted by Crippen LogP contribution is -2.46. The standard InChI is InChI=1S/C14H18N2O2/c15-8-11-2-4-12(5-3-11)13(17)9-16-10-14(18)6-1-7-14/h2-5,13,16-18H,1,6-7,9-10H2. The second-order valence-corrected chi connectivity index (χ2v) is 4.96. The molecule has 4 heteroatoms. The van der Waals surface area contributed by atoms with Gasteiger partial charge in [0.25, 0.3) is 0 Å². The van der Waals surface area contributed by atoms with E-state index >= 15 is 0 Å². The number of rotatable bonds is 5. The van der Waals surface area contributed by atoms with E-state index in [0.717, 1.165) is 24.8 Å². The third-order valence-electron chi connectivity index (χ3n) is 3.50. The molecule has 0 saturated heterocycles. The Hall–Kier alpha value is -1.41. The Bertz CT molecular complexity index is 432. The first-order chi connectivity index (χ1) is 8.63. The Morgan fingerprint density at radius 3 is 2.50 bits per heavy atom. The van der Waals surface area contributed by atoms with Crippen LogP contribution in [0.1, 0.15) is 36.5 Å². The molecule has 1 atom stereocenters. The third-order valence-corrected chi connectivity index (χ3v) is 3.50. The van der Waals surface area contributed by atoms with Crippen molar-refractivity contribution in [1.29, 1.82) is 5.26 Å². The molecule has 18 heavy (non-hydrogen) atoms. The molecule has 96 valence electrons. The van der Waals surface area contributed by atoms with Gasteiger partial charge in [-0.25, -0.2) is 0 Å². The van der Waals surface area contributed by atoms with Crippen LogP contribution in [0.15, 0.2) is 24.3 Å². The second-order valence-electron chi connectivity index (χ2n) is 4.96. The summed E-state index contributed by atoms with van der Waals surface area (Å²) in [6, 6.07) is 8.93. The van der Waals surface area contributed by atoms with Crippen molar-refractivity contribution in [3.05, 3.63) is 35.4 Å². The van der Waals surface area contributed by atoms with E-state index < -0.39 is 11.7 Å².